The number of thioether (sulfide) groups is 1. The minimum absolute atomic E-state index is 0.119. The summed E-state index contributed by atoms with van der Waals surface area (Å²) < 4.78 is 5.25. The Balaban J connectivity index is 1.72. The highest BCUT2D eigenvalue weighted by atomic mass is 35.5. The number of halogens is 2. The van der Waals surface area contributed by atoms with E-state index in [0.29, 0.717) is 33.5 Å². The Bertz CT molecular complexity index is 1360. The van der Waals surface area contributed by atoms with E-state index in [4.69, 9.17) is 27.6 Å². The van der Waals surface area contributed by atoms with Crippen molar-refractivity contribution >= 4 is 52.5 Å². The molecule has 6 nitrogen and oxygen atoms in total. The number of furan rings is 1. The fraction of sp³-hybridized carbons (Fsp3) is 0.192. The number of carbonyl (C=O) groups is 2. The molecule has 2 amide bonds. The van der Waals surface area contributed by atoms with Gasteiger partial charge in [0, 0.05) is 5.69 Å². The number of amides is 2. The predicted octanol–water partition coefficient (Wildman–Crippen LogP) is 5.95. The number of aryl methyl sites for hydroxylation is 2. The van der Waals surface area contributed by atoms with Crippen LogP contribution in [-0.2, 0) is 22.6 Å². The van der Waals surface area contributed by atoms with E-state index in [1.54, 1.807) is 24.3 Å². The smallest absolute Gasteiger partial charge is 0.265 e. The summed E-state index contributed by atoms with van der Waals surface area (Å²) in [7, 11) is 0. The van der Waals surface area contributed by atoms with Gasteiger partial charge in [-0.3, -0.25) is 14.5 Å². The predicted molar refractivity (Wildman–Crippen MR) is 138 cm³/mol. The van der Waals surface area contributed by atoms with E-state index in [1.165, 1.54) is 22.9 Å². The van der Waals surface area contributed by atoms with Crippen LogP contribution >= 0.6 is 35.0 Å². The maximum Gasteiger partial charge on any atom is 0.265 e. The Kier molecular flexibility index (Phi) is 7.56. The molecule has 35 heavy (non-hydrogen) atoms. The number of hydrogen-bond acceptors (Lipinski definition) is 5. The van der Waals surface area contributed by atoms with Crippen molar-refractivity contribution in [2.75, 3.05) is 4.90 Å². The molecule has 0 aliphatic carbocycles. The van der Waals surface area contributed by atoms with E-state index in [-0.39, 0.29) is 23.1 Å². The SMILES string of the molecule is Cc1ccc(N2C(=O)C(Cc3cccc(Cl)c3Cl)S/C2=C(/C#N)C(=O)NCc2ccco2)cc1C. The van der Waals surface area contributed by atoms with Crippen LogP contribution in [0.15, 0.2) is 69.8 Å². The quantitative estimate of drug-likeness (QED) is 0.317. The maximum atomic E-state index is 13.6. The molecule has 1 fully saturated rings. The van der Waals surface area contributed by atoms with Crippen molar-refractivity contribution in [1.82, 2.24) is 5.32 Å². The normalized spacial score (nSPS) is 16.8. The Labute approximate surface area is 217 Å². The highest BCUT2D eigenvalue weighted by Crippen LogP contribution is 2.43. The molecule has 1 unspecified atom stereocenters. The van der Waals surface area contributed by atoms with Gasteiger partial charge in [0.1, 0.15) is 22.4 Å². The molecular weight excluding hydrogens is 505 g/mol. The van der Waals surface area contributed by atoms with Crippen LogP contribution < -0.4 is 10.2 Å². The molecule has 1 aliphatic heterocycles. The fourth-order valence-electron chi connectivity index (χ4n) is 3.66. The van der Waals surface area contributed by atoms with Gasteiger partial charge < -0.3 is 9.73 Å². The van der Waals surface area contributed by atoms with Crippen molar-refractivity contribution in [3.05, 3.63) is 97.9 Å². The lowest BCUT2D eigenvalue weighted by molar-refractivity contribution is -0.117. The van der Waals surface area contributed by atoms with Crippen LogP contribution in [0.1, 0.15) is 22.5 Å². The molecule has 9 heteroatoms. The first-order valence-corrected chi connectivity index (χ1v) is 12.4. The first-order valence-electron chi connectivity index (χ1n) is 10.8. The fourth-order valence-corrected chi connectivity index (χ4v) is 5.35. The summed E-state index contributed by atoms with van der Waals surface area (Å²) in [5, 5.41) is 13.1. The molecular formula is C26H21Cl2N3O3S. The monoisotopic (exact) mass is 525 g/mol. The third kappa shape index (κ3) is 5.25. The molecule has 3 aromatic rings. The highest BCUT2D eigenvalue weighted by Gasteiger charge is 2.41. The van der Waals surface area contributed by atoms with Gasteiger partial charge in [0.05, 0.1) is 28.1 Å². The number of nitrogens with one attached hydrogen (secondary N) is 1. The zero-order valence-corrected chi connectivity index (χ0v) is 21.3. The van der Waals surface area contributed by atoms with Crippen LogP contribution in [-0.4, -0.2) is 17.1 Å². The Morgan fingerprint density at radius 2 is 1.97 bits per heavy atom. The summed E-state index contributed by atoms with van der Waals surface area (Å²) in [5.74, 6) is -0.277. The zero-order valence-electron chi connectivity index (χ0n) is 19.0. The van der Waals surface area contributed by atoms with E-state index in [1.807, 2.05) is 44.2 Å². The van der Waals surface area contributed by atoms with Gasteiger partial charge in [0.25, 0.3) is 5.91 Å². The van der Waals surface area contributed by atoms with Gasteiger partial charge in [-0.25, -0.2) is 0 Å². The standard InChI is InChI=1S/C26H21Cl2N3O3S/c1-15-8-9-18(11-16(15)2)31-25(33)22(12-17-5-3-7-21(27)23(17)28)35-26(31)20(13-29)24(32)30-14-19-6-4-10-34-19/h3-11,22H,12,14H2,1-2H3,(H,30,32)/b26-20-. The first-order chi connectivity index (χ1) is 16.8. The van der Waals surface area contributed by atoms with E-state index < -0.39 is 11.2 Å². The van der Waals surface area contributed by atoms with E-state index in [2.05, 4.69) is 5.32 Å². The Morgan fingerprint density at radius 3 is 2.66 bits per heavy atom. The van der Waals surface area contributed by atoms with Gasteiger partial charge in [-0.05, 0) is 67.3 Å². The summed E-state index contributed by atoms with van der Waals surface area (Å²) in [6.07, 6.45) is 1.80. The largest absolute Gasteiger partial charge is 0.467 e. The second-order valence-corrected chi connectivity index (χ2v) is 10.00. The minimum Gasteiger partial charge on any atom is -0.467 e. The van der Waals surface area contributed by atoms with Gasteiger partial charge in [0.15, 0.2) is 0 Å². The molecule has 178 valence electrons. The Hall–Kier alpha value is -3.18. The summed E-state index contributed by atoms with van der Waals surface area (Å²) in [4.78, 5) is 28.1. The van der Waals surface area contributed by atoms with Crippen LogP contribution in [0.5, 0.6) is 0 Å². The van der Waals surface area contributed by atoms with E-state index >= 15 is 0 Å². The number of hydrogen-bond donors (Lipinski definition) is 1. The van der Waals surface area contributed by atoms with Crippen molar-refractivity contribution < 1.29 is 14.0 Å². The molecule has 2 heterocycles. The van der Waals surface area contributed by atoms with Gasteiger partial charge in [-0.2, -0.15) is 5.26 Å². The average Bonchev–Trinajstić information content (AvgIpc) is 3.46. The summed E-state index contributed by atoms with van der Waals surface area (Å²) in [6, 6.07) is 16.3. The molecule has 4 rings (SSSR count). The molecule has 1 saturated heterocycles. The Morgan fingerprint density at radius 1 is 1.17 bits per heavy atom. The summed E-state index contributed by atoms with van der Waals surface area (Å²) >= 11 is 13.7. The lowest BCUT2D eigenvalue weighted by Gasteiger charge is -2.20. The second kappa shape index (κ2) is 10.6. The molecule has 0 bridgehead atoms. The maximum absolute atomic E-state index is 13.6. The van der Waals surface area contributed by atoms with Gasteiger partial charge >= 0.3 is 0 Å². The first kappa shape index (κ1) is 24.9. The third-order valence-electron chi connectivity index (χ3n) is 5.69. The second-order valence-electron chi connectivity index (χ2n) is 8.02. The van der Waals surface area contributed by atoms with Gasteiger partial charge in [0.2, 0.25) is 5.91 Å². The minimum atomic E-state index is -0.594. The van der Waals surface area contributed by atoms with Crippen molar-refractivity contribution in [3.8, 4) is 6.07 Å². The molecule has 1 aromatic heterocycles. The molecule has 0 saturated carbocycles. The molecule has 1 atom stereocenters. The average molecular weight is 526 g/mol. The van der Waals surface area contributed by atoms with Crippen molar-refractivity contribution in [3.63, 3.8) is 0 Å². The third-order valence-corrected chi connectivity index (χ3v) is 7.82. The van der Waals surface area contributed by atoms with Gasteiger partial charge in [-0.15, -0.1) is 0 Å². The van der Waals surface area contributed by atoms with Crippen molar-refractivity contribution in [2.45, 2.75) is 32.1 Å². The summed E-state index contributed by atoms with van der Waals surface area (Å²) in [6.45, 7) is 4.04. The number of benzene rings is 2. The van der Waals surface area contributed by atoms with Crippen LogP contribution in [0, 0.1) is 25.2 Å². The topological polar surface area (TPSA) is 86.3 Å². The molecule has 2 aromatic carbocycles. The van der Waals surface area contributed by atoms with Crippen LogP contribution in [0.3, 0.4) is 0 Å². The van der Waals surface area contributed by atoms with Crippen LogP contribution in [0.2, 0.25) is 10.0 Å². The number of nitriles is 1. The van der Waals surface area contributed by atoms with Crippen molar-refractivity contribution in [1.29, 1.82) is 5.26 Å². The highest BCUT2D eigenvalue weighted by molar-refractivity contribution is 8.05. The molecule has 0 spiro atoms. The van der Waals surface area contributed by atoms with E-state index in [9.17, 15) is 14.9 Å². The zero-order chi connectivity index (χ0) is 25.1. The van der Waals surface area contributed by atoms with Crippen LogP contribution in [0.4, 0.5) is 5.69 Å². The number of nitrogens with zero attached hydrogens (tertiary/aromatic N) is 2. The lowest BCUT2D eigenvalue weighted by atomic mass is 10.1. The van der Waals surface area contributed by atoms with Gasteiger partial charge in [-0.1, -0.05) is 53.2 Å². The summed E-state index contributed by atoms with van der Waals surface area (Å²) in [5.41, 5.74) is 3.21. The lowest BCUT2D eigenvalue weighted by Crippen LogP contribution is -2.32. The molecule has 1 N–H and O–H groups in total. The number of anilines is 1. The van der Waals surface area contributed by atoms with E-state index in [0.717, 1.165) is 11.1 Å². The molecule has 1 aliphatic rings. The number of rotatable bonds is 6. The van der Waals surface area contributed by atoms with Crippen LogP contribution in [0.25, 0.3) is 0 Å². The van der Waals surface area contributed by atoms with Crippen molar-refractivity contribution in [2.24, 2.45) is 0 Å². The number of carbonyl (C=O) groups excluding carboxylic acids is 2. The molecule has 0 radical (unpaired) electrons.